The molecule has 0 atom stereocenters. The van der Waals surface area contributed by atoms with Crippen LogP contribution in [0.1, 0.15) is 30.6 Å². The van der Waals surface area contributed by atoms with Gasteiger partial charge in [-0.3, -0.25) is 4.79 Å². The molecule has 1 amide bonds. The smallest absolute Gasteiger partial charge is 0.338 e. The first kappa shape index (κ1) is 12.3. The van der Waals surface area contributed by atoms with Crippen LogP contribution in [0.5, 0.6) is 0 Å². The van der Waals surface area contributed by atoms with Crippen LogP contribution in [0.3, 0.4) is 0 Å². The van der Waals surface area contributed by atoms with Gasteiger partial charge in [0, 0.05) is 5.71 Å². The van der Waals surface area contributed by atoms with Crippen LogP contribution in [0.15, 0.2) is 29.4 Å². The molecule has 5 heteroatoms. The Balaban J connectivity index is 2.18. The van der Waals surface area contributed by atoms with Gasteiger partial charge < -0.3 is 4.74 Å². The molecule has 18 heavy (non-hydrogen) atoms. The molecule has 5 nitrogen and oxygen atoms in total. The summed E-state index contributed by atoms with van der Waals surface area (Å²) < 4.78 is 4.88. The summed E-state index contributed by atoms with van der Waals surface area (Å²) in [6.07, 6.45) is 0.347. The average molecular weight is 246 g/mol. The van der Waals surface area contributed by atoms with Crippen molar-refractivity contribution < 1.29 is 14.3 Å². The van der Waals surface area contributed by atoms with Crippen LogP contribution in [-0.2, 0) is 9.53 Å². The van der Waals surface area contributed by atoms with Gasteiger partial charge in [0.2, 0.25) is 0 Å². The highest BCUT2D eigenvalue weighted by Gasteiger charge is 2.22. The normalized spacial score (nSPS) is 14.7. The number of hydrogen-bond donors (Lipinski definition) is 0. The summed E-state index contributed by atoms with van der Waals surface area (Å²) >= 11 is 0. The second kappa shape index (κ2) is 5.00. The molecule has 1 aliphatic rings. The molecule has 2 rings (SSSR count). The number of benzene rings is 1. The number of hydrogen-bond acceptors (Lipinski definition) is 4. The minimum atomic E-state index is -0.364. The molecule has 1 aromatic rings. The van der Waals surface area contributed by atoms with E-state index in [2.05, 4.69) is 5.10 Å². The lowest BCUT2D eigenvalue weighted by Crippen LogP contribution is -2.19. The summed E-state index contributed by atoms with van der Waals surface area (Å²) in [4.78, 5) is 23.1. The number of carbonyl (C=O) groups is 2. The minimum Gasteiger partial charge on any atom is -0.462 e. The maximum atomic E-state index is 11.6. The van der Waals surface area contributed by atoms with Gasteiger partial charge >= 0.3 is 5.97 Å². The third-order valence-electron chi connectivity index (χ3n) is 2.54. The van der Waals surface area contributed by atoms with E-state index in [4.69, 9.17) is 4.74 Å². The maximum absolute atomic E-state index is 11.6. The highest BCUT2D eigenvalue weighted by atomic mass is 16.5. The lowest BCUT2D eigenvalue weighted by Gasteiger charge is -2.11. The van der Waals surface area contributed by atoms with E-state index in [1.807, 2.05) is 6.92 Å². The number of hydrazone groups is 1. The number of rotatable bonds is 3. The molecule has 0 saturated heterocycles. The van der Waals surface area contributed by atoms with E-state index >= 15 is 0 Å². The highest BCUT2D eigenvalue weighted by molar-refractivity contribution is 6.12. The van der Waals surface area contributed by atoms with Gasteiger partial charge in [0.15, 0.2) is 0 Å². The summed E-state index contributed by atoms with van der Waals surface area (Å²) in [6.45, 7) is 3.91. The second-order valence-electron chi connectivity index (χ2n) is 3.98. The summed E-state index contributed by atoms with van der Waals surface area (Å²) in [5.74, 6) is -0.423. The fourth-order valence-corrected chi connectivity index (χ4v) is 1.71. The predicted octanol–water partition coefficient (Wildman–Crippen LogP) is 1.98. The molecular formula is C13H14N2O3. The van der Waals surface area contributed by atoms with E-state index in [1.165, 1.54) is 5.01 Å². The Hall–Kier alpha value is -2.17. The van der Waals surface area contributed by atoms with Crippen molar-refractivity contribution in [1.82, 2.24) is 0 Å². The van der Waals surface area contributed by atoms with Gasteiger partial charge in [-0.1, -0.05) is 0 Å². The molecule has 0 saturated carbocycles. The lowest BCUT2D eigenvalue weighted by molar-refractivity contribution is -0.116. The van der Waals surface area contributed by atoms with Gasteiger partial charge in [-0.15, -0.1) is 0 Å². The first-order valence-corrected chi connectivity index (χ1v) is 5.76. The van der Waals surface area contributed by atoms with Crippen molar-refractivity contribution >= 4 is 23.3 Å². The number of carbonyl (C=O) groups excluding carboxylic acids is 2. The molecule has 0 radical (unpaired) electrons. The monoisotopic (exact) mass is 246 g/mol. The van der Waals surface area contributed by atoms with Crippen LogP contribution in [-0.4, -0.2) is 24.2 Å². The number of amides is 1. The van der Waals surface area contributed by atoms with Crippen molar-refractivity contribution in [3.8, 4) is 0 Å². The number of anilines is 1. The van der Waals surface area contributed by atoms with E-state index in [1.54, 1.807) is 31.2 Å². The van der Waals surface area contributed by atoms with Crippen LogP contribution in [0.2, 0.25) is 0 Å². The van der Waals surface area contributed by atoms with E-state index in [0.29, 0.717) is 24.3 Å². The lowest BCUT2D eigenvalue weighted by atomic mass is 10.2. The van der Waals surface area contributed by atoms with Gasteiger partial charge in [0.05, 0.1) is 24.3 Å². The van der Waals surface area contributed by atoms with Crippen LogP contribution in [0.4, 0.5) is 5.69 Å². The number of nitrogens with zero attached hydrogens (tertiary/aromatic N) is 2. The third kappa shape index (κ3) is 2.40. The third-order valence-corrected chi connectivity index (χ3v) is 2.54. The maximum Gasteiger partial charge on any atom is 0.338 e. The molecule has 0 aromatic heterocycles. The number of esters is 1. The summed E-state index contributed by atoms with van der Waals surface area (Å²) in [5.41, 5.74) is 1.91. The van der Waals surface area contributed by atoms with Gasteiger partial charge in [-0.25, -0.2) is 9.80 Å². The topological polar surface area (TPSA) is 59.0 Å². The summed E-state index contributed by atoms with van der Waals surface area (Å²) in [5, 5.41) is 5.49. The molecule has 0 N–H and O–H groups in total. The molecule has 1 aromatic carbocycles. The minimum absolute atomic E-state index is 0.0589. The van der Waals surface area contributed by atoms with Crippen LogP contribution in [0, 0.1) is 0 Å². The van der Waals surface area contributed by atoms with Gasteiger partial charge in [0.25, 0.3) is 5.91 Å². The fraction of sp³-hybridized carbons (Fsp3) is 0.308. The first-order valence-electron chi connectivity index (χ1n) is 5.76. The van der Waals surface area contributed by atoms with Gasteiger partial charge in [-0.05, 0) is 38.1 Å². The van der Waals surface area contributed by atoms with Crippen LogP contribution < -0.4 is 5.01 Å². The standard InChI is InChI=1S/C13H14N2O3/c1-3-18-13(17)10-4-6-11(7-5-10)15-12(16)8-9(2)14-15/h4-7H,3,8H2,1-2H3. The molecule has 1 aliphatic heterocycles. The zero-order chi connectivity index (χ0) is 13.1. The summed E-state index contributed by atoms with van der Waals surface area (Å²) in [7, 11) is 0. The van der Waals surface area contributed by atoms with Crippen molar-refractivity contribution in [2.24, 2.45) is 5.10 Å². The molecule has 0 unspecified atom stereocenters. The van der Waals surface area contributed by atoms with Crippen LogP contribution >= 0.6 is 0 Å². The molecule has 0 bridgehead atoms. The summed E-state index contributed by atoms with van der Waals surface area (Å²) in [6, 6.07) is 6.63. The zero-order valence-corrected chi connectivity index (χ0v) is 10.3. The van der Waals surface area contributed by atoms with Crippen molar-refractivity contribution in [3.63, 3.8) is 0 Å². The zero-order valence-electron chi connectivity index (χ0n) is 10.3. The Labute approximate surface area is 105 Å². The van der Waals surface area contributed by atoms with E-state index in [-0.39, 0.29) is 11.9 Å². The molecule has 0 fully saturated rings. The largest absolute Gasteiger partial charge is 0.462 e. The van der Waals surface area contributed by atoms with Crippen LogP contribution in [0.25, 0.3) is 0 Å². The molecule has 0 spiro atoms. The highest BCUT2D eigenvalue weighted by Crippen LogP contribution is 2.21. The molecule has 1 heterocycles. The Morgan fingerprint density at radius 1 is 1.39 bits per heavy atom. The quantitative estimate of drug-likeness (QED) is 0.766. The van der Waals surface area contributed by atoms with Crippen molar-refractivity contribution in [3.05, 3.63) is 29.8 Å². The van der Waals surface area contributed by atoms with Gasteiger partial charge in [0.1, 0.15) is 0 Å². The average Bonchev–Trinajstić information content (AvgIpc) is 2.69. The Morgan fingerprint density at radius 3 is 2.56 bits per heavy atom. The van der Waals surface area contributed by atoms with Gasteiger partial charge in [-0.2, -0.15) is 5.10 Å². The Morgan fingerprint density at radius 2 is 2.06 bits per heavy atom. The van der Waals surface area contributed by atoms with E-state index < -0.39 is 0 Å². The van der Waals surface area contributed by atoms with Crippen molar-refractivity contribution in [2.75, 3.05) is 11.6 Å². The second-order valence-corrected chi connectivity index (χ2v) is 3.98. The Bertz CT molecular complexity index is 505. The van der Waals surface area contributed by atoms with Crippen molar-refractivity contribution in [1.29, 1.82) is 0 Å². The molecule has 0 aliphatic carbocycles. The van der Waals surface area contributed by atoms with E-state index in [0.717, 1.165) is 5.71 Å². The first-order chi connectivity index (χ1) is 8.61. The molecule has 94 valence electrons. The number of ether oxygens (including phenoxy) is 1. The fourth-order valence-electron chi connectivity index (χ4n) is 1.71. The SMILES string of the molecule is CCOC(=O)c1ccc(N2N=C(C)CC2=O)cc1. The predicted molar refractivity (Wildman–Crippen MR) is 67.6 cm³/mol. The van der Waals surface area contributed by atoms with E-state index in [9.17, 15) is 9.59 Å². The molecular weight excluding hydrogens is 232 g/mol. The van der Waals surface area contributed by atoms with Crippen molar-refractivity contribution in [2.45, 2.75) is 20.3 Å². The Kier molecular flexibility index (Phi) is 3.41.